The van der Waals surface area contributed by atoms with Crippen LogP contribution in [0.2, 0.25) is 5.15 Å². The van der Waals surface area contributed by atoms with Gasteiger partial charge in [0.05, 0.1) is 10.6 Å². The Kier molecular flexibility index (Phi) is 3.45. The second-order valence-electron chi connectivity index (χ2n) is 3.56. The third-order valence-corrected chi connectivity index (χ3v) is 4.18. The van der Waals surface area contributed by atoms with Gasteiger partial charge in [0.25, 0.3) is 0 Å². The van der Waals surface area contributed by atoms with E-state index >= 15 is 0 Å². The van der Waals surface area contributed by atoms with Gasteiger partial charge in [-0.1, -0.05) is 35.9 Å². The van der Waals surface area contributed by atoms with Crippen molar-refractivity contribution in [3.05, 3.63) is 59.4 Å². The summed E-state index contributed by atoms with van der Waals surface area (Å²) in [5, 5.41) is 0.353. The van der Waals surface area contributed by atoms with Crippen LogP contribution in [0.3, 0.4) is 0 Å². The van der Waals surface area contributed by atoms with Crippen molar-refractivity contribution < 1.29 is 8.42 Å². The van der Waals surface area contributed by atoms with Crippen LogP contribution in [0.5, 0.6) is 0 Å². The van der Waals surface area contributed by atoms with E-state index in [0.29, 0.717) is 15.6 Å². The molecule has 0 saturated heterocycles. The summed E-state index contributed by atoms with van der Waals surface area (Å²) < 4.78 is 24.1. The van der Waals surface area contributed by atoms with Crippen LogP contribution >= 0.6 is 11.6 Å². The Morgan fingerprint density at radius 1 is 1.06 bits per heavy atom. The maximum atomic E-state index is 12.0. The van der Waals surface area contributed by atoms with E-state index in [1.54, 1.807) is 42.5 Å². The summed E-state index contributed by atoms with van der Waals surface area (Å²) in [5.74, 6) is -0.0683. The van der Waals surface area contributed by atoms with Gasteiger partial charge in [0.15, 0.2) is 9.84 Å². The number of hydrogen-bond acceptors (Lipinski definition) is 3. The van der Waals surface area contributed by atoms with Crippen molar-refractivity contribution >= 4 is 21.4 Å². The first-order valence-corrected chi connectivity index (χ1v) is 6.99. The molecule has 0 aliphatic rings. The van der Waals surface area contributed by atoms with Crippen LogP contribution < -0.4 is 0 Å². The van der Waals surface area contributed by atoms with Crippen LogP contribution in [-0.4, -0.2) is 13.4 Å². The molecule has 0 aliphatic heterocycles. The Hall–Kier alpha value is -1.39. The molecule has 0 amide bonds. The van der Waals surface area contributed by atoms with E-state index in [2.05, 4.69) is 4.98 Å². The summed E-state index contributed by atoms with van der Waals surface area (Å²) in [7, 11) is -3.31. The molecule has 88 valence electrons. The van der Waals surface area contributed by atoms with E-state index in [-0.39, 0.29) is 5.75 Å². The standard InChI is InChI=1S/C12H10ClNO2S/c13-12-7-6-10(8-14-12)9-17(15,16)11-4-2-1-3-5-11/h1-8H,9H2. The number of sulfone groups is 1. The molecule has 0 aliphatic carbocycles. The average molecular weight is 268 g/mol. The van der Waals surface area contributed by atoms with E-state index in [1.165, 1.54) is 6.20 Å². The Labute approximate surface area is 105 Å². The molecule has 0 atom stereocenters. The average Bonchev–Trinajstić information content (AvgIpc) is 2.33. The van der Waals surface area contributed by atoms with Crippen molar-refractivity contribution in [2.24, 2.45) is 0 Å². The van der Waals surface area contributed by atoms with Gasteiger partial charge >= 0.3 is 0 Å². The topological polar surface area (TPSA) is 47.0 Å². The predicted molar refractivity (Wildman–Crippen MR) is 66.6 cm³/mol. The van der Waals surface area contributed by atoms with Gasteiger partial charge in [0, 0.05) is 6.20 Å². The SMILES string of the molecule is O=S(=O)(Cc1ccc(Cl)nc1)c1ccccc1. The number of rotatable bonds is 3. The molecular formula is C12H10ClNO2S. The third kappa shape index (κ3) is 3.05. The van der Waals surface area contributed by atoms with Crippen molar-refractivity contribution in [1.29, 1.82) is 0 Å². The van der Waals surface area contributed by atoms with Gasteiger partial charge < -0.3 is 0 Å². The van der Waals surface area contributed by atoms with Crippen molar-refractivity contribution in [2.45, 2.75) is 10.6 Å². The second-order valence-corrected chi connectivity index (χ2v) is 5.94. The maximum Gasteiger partial charge on any atom is 0.182 e. The first kappa shape index (κ1) is 12.1. The molecule has 0 radical (unpaired) electrons. The van der Waals surface area contributed by atoms with Gasteiger partial charge in [-0.15, -0.1) is 0 Å². The summed E-state index contributed by atoms with van der Waals surface area (Å²) in [6.45, 7) is 0. The summed E-state index contributed by atoms with van der Waals surface area (Å²) in [4.78, 5) is 4.17. The molecule has 1 aromatic heterocycles. The minimum atomic E-state index is -3.31. The zero-order valence-electron chi connectivity index (χ0n) is 8.88. The van der Waals surface area contributed by atoms with E-state index in [9.17, 15) is 8.42 Å². The number of aromatic nitrogens is 1. The van der Waals surface area contributed by atoms with Crippen molar-refractivity contribution in [1.82, 2.24) is 4.98 Å². The Morgan fingerprint density at radius 3 is 2.35 bits per heavy atom. The molecule has 0 N–H and O–H groups in total. The summed E-state index contributed by atoms with van der Waals surface area (Å²) in [5.41, 5.74) is 0.623. The molecule has 5 heteroatoms. The molecule has 0 spiro atoms. The first-order valence-electron chi connectivity index (χ1n) is 4.96. The van der Waals surface area contributed by atoms with E-state index in [1.807, 2.05) is 0 Å². The fraction of sp³-hybridized carbons (Fsp3) is 0.0833. The molecule has 17 heavy (non-hydrogen) atoms. The molecule has 1 heterocycles. The molecule has 0 fully saturated rings. The van der Waals surface area contributed by atoms with Crippen LogP contribution in [0, 0.1) is 0 Å². The van der Waals surface area contributed by atoms with Crippen molar-refractivity contribution in [3.8, 4) is 0 Å². The molecular weight excluding hydrogens is 258 g/mol. The molecule has 2 rings (SSSR count). The highest BCUT2D eigenvalue weighted by molar-refractivity contribution is 7.90. The number of benzene rings is 1. The van der Waals surface area contributed by atoms with Crippen LogP contribution in [0.15, 0.2) is 53.6 Å². The van der Waals surface area contributed by atoms with Crippen molar-refractivity contribution in [2.75, 3.05) is 0 Å². The molecule has 1 aromatic carbocycles. The summed E-state index contributed by atoms with van der Waals surface area (Å²) in [6.07, 6.45) is 1.48. The van der Waals surface area contributed by atoms with Gasteiger partial charge in [0.1, 0.15) is 5.15 Å². The van der Waals surface area contributed by atoms with Crippen molar-refractivity contribution in [3.63, 3.8) is 0 Å². The Bertz CT molecular complexity index is 594. The van der Waals surface area contributed by atoms with Gasteiger partial charge in [0.2, 0.25) is 0 Å². The molecule has 0 bridgehead atoms. The number of halogens is 1. The number of nitrogens with zero attached hydrogens (tertiary/aromatic N) is 1. The Morgan fingerprint density at radius 2 is 1.76 bits per heavy atom. The number of pyridine rings is 1. The van der Waals surface area contributed by atoms with Gasteiger partial charge in [-0.25, -0.2) is 13.4 Å². The summed E-state index contributed by atoms with van der Waals surface area (Å²) >= 11 is 5.64. The van der Waals surface area contributed by atoms with Gasteiger partial charge in [-0.3, -0.25) is 0 Å². The largest absolute Gasteiger partial charge is 0.244 e. The van der Waals surface area contributed by atoms with Crippen LogP contribution in [0.25, 0.3) is 0 Å². The molecule has 3 nitrogen and oxygen atoms in total. The highest BCUT2D eigenvalue weighted by atomic mass is 35.5. The van der Waals surface area contributed by atoms with E-state index in [4.69, 9.17) is 11.6 Å². The smallest absolute Gasteiger partial charge is 0.182 e. The summed E-state index contributed by atoms with van der Waals surface area (Å²) in [6, 6.07) is 11.6. The first-order chi connectivity index (χ1) is 8.08. The lowest BCUT2D eigenvalue weighted by Crippen LogP contribution is -2.04. The molecule has 0 saturated carbocycles. The lowest BCUT2D eigenvalue weighted by molar-refractivity contribution is 0.595. The molecule has 0 unspecified atom stereocenters. The van der Waals surface area contributed by atoms with Crippen LogP contribution in [0.4, 0.5) is 0 Å². The van der Waals surface area contributed by atoms with Crippen LogP contribution in [0.1, 0.15) is 5.56 Å². The zero-order chi connectivity index (χ0) is 12.3. The van der Waals surface area contributed by atoms with E-state index < -0.39 is 9.84 Å². The normalized spacial score (nSPS) is 11.4. The minimum absolute atomic E-state index is 0.0683. The fourth-order valence-electron chi connectivity index (χ4n) is 1.42. The quantitative estimate of drug-likeness (QED) is 0.804. The monoisotopic (exact) mass is 267 g/mol. The second kappa shape index (κ2) is 4.85. The zero-order valence-corrected chi connectivity index (χ0v) is 10.4. The highest BCUT2D eigenvalue weighted by Crippen LogP contribution is 2.16. The van der Waals surface area contributed by atoms with Gasteiger partial charge in [-0.05, 0) is 23.8 Å². The fourth-order valence-corrected chi connectivity index (χ4v) is 2.88. The lowest BCUT2D eigenvalue weighted by Gasteiger charge is -2.04. The lowest BCUT2D eigenvalue weighted by atomic mass is 10.3. The minimum Gasteiger partial charge on any atom is -0.244 e. The van der Waals surface area contributed by atoms with Gasteiger partial charge in [-0.2, -0.15) is 0 Å². The van der Waals surface area contributed by atoms with Crippen LogP contribution in [-0.2, 0) is 15.6 Å². The van der Waals surface area contributed by atoms with E-state index in [0.717, 1.165) is 0 Å². The number of hydrogen-bond donors (Lipinski definition) is 0. The maximum absolute atomic E-state index is 12.0. The third-order valence-electron chi connectivity index (χ3n) is 2.25. The Balaban J connectivity index is 2.27. The molecule has 2 aromatic rings. The predicted octanol–water partition coefficient (Wildman–Crippen LogP) is 2.71. The highest BCUT2D eigenvalue weighted by Gasteiger charge is 2.14.